The number of hydrogen-bond acceptors (Lipinski definition) is 5. The van der Waals surface area contributed by atoms with Crippen LogP contribution < -0.4 is 15.2 Å². The van der Waals surface area contributed by atoms with E-state index in [1.165, 1.54) is 6.07 Å². The van der Waals surface area contributed by atoms with Gasteiger partial charge in [0.15, 0.2) is 0 Å². The first-order valence-electron chi connectivity index (χ1n) is 9.91. The number of aromatic amines is 1. The highest BCUT2D eigenvalue weighted by atomic mass is 35.5. The van der Waals surface area contributed by atoms with Gasteiger partial charge in [-0.15, -0.1) is 0 Å². The van der Waals surface area contributed by atoms with E-state index in [9.17, 15) is 9.90 Å². The number of aromatic hydroxyl groups is 1. The number of hydrogen-bond donors (Lipinski definition) is 2. The van der Waals surface area contributed by atoms with Crippen LogP contribution in [0, 0.1) is 0 Å². The monoisotopic (exact) mass is 447 g/mol. The predicted molar refractivity (Wildman–Crippen MR) is 121 cm³/mol. The van der Waals surface area contributed by atoms with E-state index in [4.69, 9.17) is 27.9 Å². The predicted octanol–water partition coefficient (Wildman–Crippen LogP) is 4.13. The molecule has 158 valence electrons. The van der Waals surface area contributed by atoms with Crippen molar-refractivity contribution in [2.45, 2.75) is 6.42 Å². The quantitative estimate of drug-likeness (QED) is 0.555. The Kier molecular flexibility index (Phi) is 6.37. The second kappa shape index (κ2) is 9.16. The lowest BCUT2D eigenvalue weighted by Crippen LogP contribution is -2.46. The fraction of sp³-hybridized carbons (Fsp3) is 0.318. The first-order chi connectivity index (χ1) is 14.5. The third kappa shape index (κ3) is 4.67. The Labute approximate surface area is 184 Å². The van der Waals surface area contributed by atoms with Gasteiger partial charge in [-0.3, -0.25) is 9.69 Å². The van der Waals surface area contributed by atoms with Crippen LogP contribution in [0.5, 0.6) is 11.5 Å². The topological polar surface area (TPSA) is 68.8 Å². The van der Waals surface area contributed by atoms with Crippen LogP contribution in [0.2, 0.25) is 10.0 Å². The molecule has 0 spiro atoms. The van der Waals surface area contributed by atoms with Crippen molar-refractivity contribution in [1.82, 2.24) is 9.88 Å². The molecule has 0 radical (unpaired) electrons. The Balaban J connectivity index is 1.24. The van der Waals surface area contributed by atoms with Crippen LogP contribution in [0.1, 0.15) is 6.42 Å². The molecule has 3 aromatic rings. The summed E-state index contributed by atoms with van der Waals surface area (Å²) in [6.45, 7) is 5.25. The highest BCUT2D eigenvalue weighted by Gasteiger charge is 2.19. The van der Waals surface area contributed by atoms with E-state index in [0.29, 0.717) is 33.3 Å². The highest BCUT2D eigenvalue weighted by Crippen LogP contribution is 2.33. The lowest BCUT2D eigenvalue weighted by molar-refractivity contribution is 0.225. The molecule has 0 amide bonds. The number of H-pyrrole nitrogens is 1. The van der Waals surface area contributed by atoms with E-state index in [-0.39, 0.29) is 11.3 Å². The van der Waals surface area contributed by atoms with Crippen LogP contribution in [0.15, 0.2) is 47.3 Å². The highest BCUT2D eigenvalue weighted by molar-refractivity contribution is 6.43. The molecule has 6 nitrogen and oxygen atoms in total. The minimum atomic E-state index is -0.338. The molecule has 1 fully saturated rings. The molecule has 0 aliphatic carbocycles. The summed E-state index contributed by atoms with van der Waals surface area (Å²) in [5, 5.41) is 11.6. The minimum Gasteiger partial charge on any atom is -0.507 e. The molecule has 0 bridgehead atoms. The zero-order chi connectivity index (χ0) is 21.1. The molecule has 1 aromatic heterocycles. The van der Waals surface area contributed by atoms with Crippen LogP contribution >= 0.6 is 23.2 Å². The summed E-state index contributed by atoms with van der Waals surface area (Å²) in [7, 11) is 0. The van der Waals surface area contributed by atoms with Gasteiger partial charge in [-0.05, 0) is 30.7 Å². The van der Waals surface area contributed by atoms with Gasteiger partial charge in [0.2, 0.25) is 0 Å². The number of nitrogens with zero attached hydrogens (tertiary/aromatic N) is 2. The van der Waals surface area contributed by atoms with Crippen molar-refractivity contribution in [3.05, 3.63) is 62.9 Å². The van der Waals surface area contributed by atoms with E-state index in [1.54, 1.807) is 24.3 Å². The first-order valence-corrected chi connectivity index (χ1v) is 10.7. The van der Waals surface area contributed by atoms with Crippen molar-refractivity contribution >= 4 is 39.8 Å². The Morgan fingerprint density at radius 1 is 1.07 bits per heavy atom. The van der Waals surface area contributed by atoms with Gasteiger partial charge in [-0.1, -0.05) is 29.3 Å². The summed E-state index contributed by atoms with van der Waals surface area (Å²) >= 11 is 12.5. The standard InChI is InChI=1S/C22H23Cl2N3O3/c23-17-3-1-4-19(22(17)24)27-10-8-26(9-11-27)7-2-12-30-15-5-6-16-18(13-15)25-21(29)14-20(16)28/h1,3-6,13-14H,2,7-12H2,(H2,25,28,29). The van der Waals surface area contributed by atoms with Crippen molar-refractivity contribution in [2.24, 2.45) is 0 Å². The molecule has 2 heterocycles. The van der Waals surface area contributed by atoms with Crippen LogP contribution in [0.25, 0.3) is 10.9 Å². The molecule has 1 saturated heterocycles. The van der Waals surface area contributed by atoms with Gasteiger partial charge in [-0.25, -0.2) is 0 Å². The summed E-state index contributed by atoms with van der Waals surface area (Å²) in [6.07, 6.45) is 0.895. The largest absolute Gasteiger partial charge is 0.507 e. The molecule has 1 aliphatic heterocycles. The van der Waals surface area contributed by atoms with Crippen LogP contribution in [-0.2, 0) is 0 Å². The van der Waals surface area contributed by atoms with Gasteiger partial charge >= 0.3 is 0 Å². The molecule has 0 atom stereocenters. The smallest absolute Gasteiger partial charge is 0.252 e. The number of benzene rings is 2. The maximum Gasteiger partial charge on any atom is 0.252 e. The average Bonchev–Trinajstić information content (AvgIpc) is 2.73. The summed E-state index contributed by atoms with van der Waals surface area (Å²) in [5.41, 5.74) is 1.22. The van der Waals surface area contributed by atoms with Gasteiger partial charge in [-0.2, -0.15) is 0 Å². The van der Waals surface area contributed by atoms with Gasteiger partial charge in [0.25, 0.3) is 5.56 Å². The van der Waals surface area contributed by atoms with E-state index < -0.39 is 0 Å². The van der Waals surface area contributed by atoms with Gasteiger partial charge in [0, 0.05) is 50.2 Å². The number of piperazine rings is 1. The third-order valence-electron chi connectivity index (χ3n) is 5.32. The van der Waals surface area contributed by atoms with Crippen LogP contribution in [0.4, 0.5) is 5.69 Å². The number of aromatic nitrogens is 1. The third-order valence-corrected chi connectivity index (χ3v) is 6.13. The van der Waals surface area contributed by atoms with Crippen molar-refractivity contribution in [2.75, 3.05) is 44.2 Å². The molecule has 2 aromatic carbocycles. The number of nitrogens with one attached hydrogen (secondary N) is 1. The Bertz CT molecular complexity index is 1090. The zero-order valence-corrected chi connectivity index (χ0v) is 17.9. The van der Waals surface area contributed by atoms with Crippen LogP contribution in [0.3, 0.4) is 0 Å². The first kappa shape index (κ1) is 20.8. The maximum absolute atomic E-state index is 11.5. The van der Waals surface area contributed by atoms with E-state index in [2.05, 4.69) is 14.8 Å². The van der Waals surface area contributed by atoms with Gasteiger partial charge < -0.3 is 19.7 Å². The van der Waals surface area contributed by atoms with Crippen molar-refractivity contribution in [1.29, 1.82) is 0 Å². The summed E-state index contributed by atoms with van der Waals surface area (Å²) < 4.78 is 5.83. The molecule has 0 unspecified atom stereocenters. The minimum absolute atomic E-state index is 0.0292. The normalized spacial score (nSPS) is 14.9. The van der Waals surface area contributed by atoms with E-state index in [0.717, 1.165) is 44.8 Å². The van der Waals surface area contributed by atoms with Crippen LogP contribution in [-0.4, -0.2) is 54.3 Å². The van der Waals surface area contributed by atoms with Crippen molar-refractivity contribution < 1.29 is 9.84 Å². The Morgan fingerprint density at radius 2 is 1.87 bits per heavy atom. The molecule has 1 aliphatic rings. The lowest BCUT2D eigenvalue weighted by atomic mass is 10.2. The number of pyridine rings is 1. The number of fused-ring (bicyclic) bond motifs is 1. The molecular formula is C22H23Cl2N3O3. The van der Waals surface area contributed by atoms with Gasteiger partial charge in [0.1, 0.15) is 11.5 Å². The molecule has 2 N–H and O–H groups in total. The average molecular weight is 448 g/mol. The molecule has 8 heteroatoms. The zero-order valence-electron chi connectivity index (χ0n) is 16.4. The Hall–Kier alpha value is -2.41. The summed E-state index contributed by atoms with van der Waals surface area (Å²) in [6, 6.07) is 12.2. The number of halogens is 2. The SMILES string of the molecule is O=c1cc(O)c2ccc(OCCCN3CCN(c4cccc(Cl)c4Cl)CC3)cc2[nH]1. The molecule has 0 saturated carbocycles. The molecular weight excluding hydrogens is 425 g/mol. The second-order valence-electron chi connectivity index (χ2n) is 7.33. The van der Waals surface area contributed by atoms with Crippen molar-refractivity contribution in [3.63, 3.8) is 0 Å². The number of ether oxygens (including phenoxy) is 1. The molecule has 4 rings (SSSR count). The lowest BCUT2D eigenvalue weighted by Gasteiger charge is -2.36. The summed E-state index contributed by atoms with van der Waals surface area (Å²) in [4.78, 5) is 18.9. The molecule has 30 heavy (non-hydrogen) atoms. The maximum atomic E-state index is 11.5. The summed E-state index contributed by atoms with van der Waals surface area (Å²) in [5.74, 6) is 0.641. The number of rotatable bonds is 6. The number of anilines is 1. The van der Waals surface area contributed by atoms with E-state index >= 15 is 0 Å². The van der Waals surface area contributed by atoms with Crippen molar-refractivity contribution in [3.8, 4) is 11.5 Å². The fourth-order valence-corrected chi connectivity index (χ4v) is 4.15. The van der Waals surface area contributed by atoms with Gasteiger partial charge in [0.05, 0.1) is 27.9 Å². The second-order valence-corrected chi connectivity index (χ2v) is 8.12. The Morgan fingerprint density at radius 3 is 2.67 bits per heavy atom. The van der Waals surface area contributed by atoms with E-state index in [1.807, 2.05) is 12.1 Å². The fourth-order valence-electron chi connectivity index (χ4n) is 3.74.